The predicted molar refractivity (Wildman–Crippen MR) is 97.6 cm³/mol. The van der Waals surface area contributed by atoms with Crippen molar-refractivity contribution in [2.24, 2.45) is 5.92 Å². The van der Waals surface area contributed by atoms with E-state index in [1.54, 1.807) is 17.0 Å². The highest BCUT2D eigenvalue weighted by Gasteiger charge is 2.24. The molecule has 0 atom stereocenters. The Labute approximate surface area is 153 Å². The molecule has 1 aliphatic rings. The number of benzene rings is 2. The van der Waals surface area contributed by atoms with Crippen LogP contribution in [0.25, 0.3) is 0 Å². The molecule has 2 aromatic carbocycles. The number of hydrogen-bond acceptors (Lipinski definition) is 4. The van der Waals surface area contributed by atoms with E-state index in [0.29, 0.717) is 25.3 Å². The summed E-state index contributed by atoms with van der Waals surface area (Å²) in [6.45, 7) is 1.93. The number of carbonyl (C=O) groups excluding carboxylic acids is 2. The van der Waals surface area contributed by atoms with E-state index in [9.17, 15) is 9.59 Å². The fourth-order valence-corrected chi connectivity index (χ4v) is 2.94. The lowest BCUT2D eigenvalue weighted by molar-refractivity contribution is 0.0347. The number of carbonyl (C=O) groups is 2. The van der Waals surface area contributed by atoms with Crippen LogP contribution in [0, 0.1) is 5.92 Å². The molecule has 3 rings (SSSR count). The highest BCUT2D eigenvalue weighted by Crippen LogP contribution is 2.19. The summed E-state index contributed by atoms with van der Waals surface area (Å²) in [6, 6.07) is 18.6. The molecule has 0 bridgehead atoms. The van der Waals surface area contributed by atoms with Crippen molar-refractivity contribution in [2.45, 2.75) is 19.4 Å². The molecular formula is C21H23NO4. The molecule has 136 valence electrons. The van der Waals surface area contributed by atoms with E-state index in [4.69, 9.17) is 9.47 Å². The molecule has 5 heteroatoms. The first-order valence-electron chi connectivity index (χ1n) is 8.90. The number of piperidine rings is 1. The second-order valence-electron chi connectivity index (χ2n) is 6.44. The zero-order chi connectivity index (χ0) is 18.2. The molecule has 1 fully saturated rings. The number of amides is 1. The first kappa shape index (κ1) is 18.0. The van der Waals surface area contributed by atoms with Gasteiger partial charge >= 0.3 is 12.1 Å². The number of ether oxygens (including phenoxy) is 2. The Morgan fingerprint density at radius 1 is 0.885 bits per heavy atom. The Hall–Kier alpha value is -2.82. The summed E-state index contributed by atoms with van der Waals surface area (Å²) in [7, 11) is 0. The fraction of sp³-hybridized carbons (Fsp3) is 0.333. The van der Waals surface area contributed by atoms with Gasteiger partial charge in [-0.25, -0.2) is 9.59 Å². The van der Waals surface area contributed by atoms with Crippen molar-refractivity contribution in [3.63, 3.8) is 0 Å². The smallest absolute Gasteiger partial charge is 0.410 e. The van der Waals surface area contributed by atoms with Crippen LogP contribution >= 0.6 is 0 Å². The van der Waals surface area contributed by atoms with E-state index in [2.05, 4.69) is 0 Å². The molecule has 0 N–H and O–H groups in total. The van der Waals surface area contributed by atoms with Crippen LogP contribution in [0.5, 0.6) is 0 Å². The Bertz CT molecular complexity index is 709. The Morgan fingerprint density at radius 3 is 2.15 bits per heavy atom. The largest absolute Gasteiger partial charge is 0.462 e. The maximum atomic E-state index is 12.1. The van der Waals surface area contributed by atoms with Crippen molar-refractivity contribution in [1.82, 2.24) is 4.90 Å². The van der Waals surface area contributed by atoms with Crippen molar-refractivity contribution in [3.8, 4) is 0 Å². The summed E-state index contributed by atoms with van der Waals surface area (Å²) < 4.78 is 10.8. The molecule has 1 amide bonds. The third kappa shape index (κ3) is 5.09. The molecule has 5 nitrogen and oxygen atoms in total. The van der Waals surface area contributed by atoms with Crippen LogP contribution in [-0.4, -0.2) is 36.7 Å². The van der Waals surface area contributed by atoms with Gasteiger partial charge in [0.25, 0.3) is 0 Å². The average molecular weight is 353 g/mol. The monoisotopic (exact) mass is 353 g/mol. The summed E-state index contributed by atoms with van der Waals surface area (Å²) in [5.74, 6) is -0.0175. The first-order chi connectivity index (χ1) is 12.7. The fourth-order valence-electron chi connectivity index (χ4n) is 2.94. The van der Waals surface area contributed by atoms with Crippen LogP contribution in [0.15, 0.2) is 60.7 Å². The maximum absolute atomic E-state index is 12.1. The first-order valence-corrected chi connectivity index (χ1v) is 8.90. The average Bonchev–Trinajstić information content (AvgIpc) is 2.72. The Balaban J connectivity index is 1.37. The SMILES string of the molecule is O=C(OCC1CCN(C(=O)OCc2ccccc2)CC1)c1ccccc1. The molecule has 0 aliphatic carbocycles. The van der Waals surface area contributed by atoms with Crippen molar-refractivity contribution >= 4 is 12.1 Å². The normalized spacial score (nSPS) is 14.7. The lowest BCUT2D eigenvalue weighted by Gasteiger charge is -2.31. The van der Waals surface area contributed by atoms with Gasteiger partial charge < -0.3 is 14.4 Å². The van der Waals surface area contributed by atoms with Crippen LogP contribution in [0.2, 0.25) is 0 Å². The van der Waals surface area contributed by atoms with E-state index < -0.39 is 0 Å². The Kier molecular flexibility index (Phi) is 6.25. The minimum absolute atomic E-state index is 0.279. The van der Waals surface area contributed by atoms with Gasteiger partial charge in [-0.2, -0.15) is 0 Å². The number of esters is 1. The van der Waals surface area contributed by atoms with Gasteiger partial charge in [-0.15, -0.1) is 0 Å². The van der Waals surface area contributed by atoms with Crippen LogP contribution in [0.3, 0.4) is 0 Å². The standard InChI is InChI=1S/C21H23NO4/c23-20(19-9-5-2-6-10-19)25-15-18-11-13-22(14-12-18)21(24)26-16-17-7-3-1-4-8-17/h1-10,18H,11-16H2. The highest BCUT2D eigenvalue weighted by atomic mass is 16.6. The van der Waals surface area contributed by atoms with E-state index in [-0.39, 0.29) is 24.6 Å². The zero-order valence-electron chi connectivity index (χ0n) is 14.7. The third-order valence-electron chi connectivity index (χ3n) is 4.54. The van der Waals surface area contributed by atoms with Crippen LogP contribution < -0.4 is 0 Å². The predicted octanol–water partition coefficient (Wildman–Crippen LogP) is 3.89. The van der Waals surface area contributed by atoms with Crippen LogP contribution in [-0.2, 0) is 16.1 Å². The van der Waals surface area contributed by atoms with Gasteiger partial charge in [0.15, 0.2) is 0 Å². The second-order valence-corrected chi connectivity index (χ2v) is 6.44. The highest BCUT2D eigenvalue weighted by molar-refractivity contribution is 5.89. The van der Waals surface area contributed by atoms with Gasteiger partial charge in [-0.1, -0.05) is 48.5 Å². The molecular weight excluding hydrogens is 330 g/mol. The quantitative estimate of drug-likeness (QED) is 0.765. The van der Waals surface area contributed by atoms with Gasteiger partial charge in [0.05, 0.1) is 12.2 Å². The number of nitrogens with zero attached hydrogens (tertiary/aromatic N) is 1. The molecule has 2 aromatic rings. The van der Waals surface area contributed by atoms with Crippen LogP contribution in [0.4, 0.5) is 4.79 Å². The van der Waals surface area contributed by atoms with Crippen molar-refractivity contribution in [3.05, 3.63) is 71.8 Å². The van der Waals surface area contributed by atoms with E-state index in [1.165, 1.54) is 0 Å². The van der Waals surface area contributed by atoms with Crippen molar-refractivity contribution in [1.29, 1.82) is 0 Å². The summed E-state index contributed by atoms with van der Waals surface area (Å²) in [4.78, 5) is 25.8. The van der Waals surface area contributed by atoms with E-state index in [0.717, 1.165) is 18.4 Å². The summed E-state index contributed by atoms with van der Waals surface area (Å²) in [6.07, 6.45) is 1.33. The molecule has 0 aromatic heterocycles. The molecule has 1 saturated heterocycles. The lowest BCUT2D eigenvalue weighted by Crippen LogP contribution is -2.39. The van der Waals surface area contributed by atoms with Gasteiger partial charge in [0, 0.05) is 13.1 Å². The zero-order valence-corrected chi connectivity index (χ0v) is 14.7. The molecule has 0 saturated carbocycles. The van der Waals surface area contributed by atoms with Crippen LogP contribution in [0.1, 0.15) is 28.8 Å². The number of likely N-dealkylation sites (tertiary alicyclic amines) is 1. The molecule has 0 radical (unpaired) electrons. The summed E-state index contributed by atoms with van der Waals surface area (Å²) in [5.41, 5.74) is 1.54. The Morgan fingerprint density at radius 2 is 1.50 bits per heavy atom. The minimum atomic E-state index is -0.296. The minimum Gasteiger partial charge on any atom is -0.462 e. The van der Waals surface area contributed by atoms with Gasteiger partial charge in [0.2, 0.25) is 0 Å². The number of hydrogen-bond donors (Lipinski definition) is 0. The third-order valence-corrected chi connectivity index (χ3v) is 4.54. The van der Waals surface area contributed by atoms with E-state index in [1.807, 2.05) is 48.5 Å². The lowest BCUT2D eigenvalue weighted by atomic mass is 9.98. The van der Waals surface area contributed by atoms with Gasteiger partial charge in [0.1, 0.15) is 6.61 Å². The molecule has 0 unspecified atom stereocenters. The topological polar surface area (TPSA) is 55.8 Å². The van der Waals surface area contributed by atoms with E-state index >= 15 is 0 Å². The maximum Gasteiger partial charge on any atom is 0.410 e. The molecule has 26 heavy (non-hydrogen) atoms. The molecule has 0 spiro atoms. The number of rotatable bonds is 5. The van der Waals surface area contributed by atoms with Crippen molar-refractivity contribution < 1.29 is 19.1 Å². The van der Waals surface area contributed by atoms with Crippen molar-refractivity contribution in [2.75, 3.05) is 19.7 Å². The summed E-state index contributed by atoms with van der Waals surface area (Å²) >= 11 is 0. The summed E-state index contributed by atoms with van der Waals surface area (Å²) in [5, 5.41) is 0. The molecule has 1 heterocycles. The van der Waals surface area contributed by atoms with Gasteiger partial charge in [-0.3, -0.25) is 0 Å². The second kappa shape index (κ2) is 9.04. The van der Waals surface area contributed by atoms with Gasteiger partial charge in [-0.05, 0) is 36.5 Å². The molecule has 1 aliphatic heterocycles.